The molecule has 2 heterocycles. The summed E-state index contributed by atoms with van der Waals surface area (Å²) >= 11 is 0. The summed E-state index contributed by atoms with van der Waals surface area (Å²) in [6, 6.07) is 15.7. The molecule has 3 aromatic carbocycles. The minimum absolute atomic E-state index is 0.131. The van der Waals surface area contributed by atoms with Gasteiger partial charge in [-0.3, -0.25) is 9.48 Å². The van der Waals surface area contributed by atoms with Gasteiger partial charge in [0.25, 0.3) is 0 Å². The Balaban J connectivity index is 1.66. The molecule has 0 spiro atoms. The molecular weight excluding hydrogens is 442 g/mol. The molecule has 176 valence electrons. The Morgan fingerprint density at radius 1 is 1.11 bits per heavy atom. The van der Waals surface area contributed by atoms with Crippen LogP contribution in [0.4, 0.5) is 5.69 Å². The first-order chi connectivity index (χ1) is 16.7. The summed E-state index contributed by atoms with van der Waals surface area (Å²) in [5, 5.41) is 18.8. The fourth-order valence-corrected chi connectivity index (χ4v) is 4.58. The molecule has 1 atom stereocenters. The number of carboxylic acids is 1. The Morgan fingerprint density at radius 3 is 2.66 bits per heavy atom. The number of aromatic nitrogens is 2. The molecule has 7 nitrogen and oxygen atoms in total. The van der Waals surface area contributed by atoms with Crippen molar-refractivity contribution in [1.29, 1.82) is 0 Å². The molecule has 35 heavy (non-hydrogen) atoms. The number of carbonyl (C=O) groups is 1. The molecule has 0 aliphatic heterocycles. The van der Waals surface area contributed by atoms with Gasteiger partial charge in [0.15, 0.2) is 5.43 Å². The van der Waals surface area contributed by atoms with E-state index in [1.807, 2.05) is 58.3 Å². The van der Waals surface area contributed by atoms with Crippen LogP contribution in [0.1, 0.15) is 40.0 Å². The van der Waals surface area contributed by atoms with Gasteiger partial charge in [0.2, 0.25) is 0 Å². The molecule has 5 aromatic rings. The fraction of sp³-hybridized carbons (Fsp3) is 0.179. The number of carboxylic acid groups (broad SMARTS) is 1. The van der Waals surface area contributed by atoms with Gasteiger partial charge in [-0.2, -0.15) is 5.10 Å². The van der Waals surface area contributed by atoms with E-state index in [2.05, 4.69) is 10.4 Å². The lowest BCUT2D eigenvalue weighted by molar-refractivity contribution is 0.0698. The Kier molecular flexibility index (Phi) is 5.40. The van der Waals surface area contributed by atoms with Crippen LogP contribution in [0.25, 0.3) is 33.2 Å². The summed E-state index contributed by atoms with van der Waals surface area (Å²) in [6.45, 7) is 5.83. The lowest BCUT2D eigenvalue weighted by atomic mass is 9.99. The number of anilines is 1. The van der Waals surface area contributed by atoms with Crippen molar-refractivity contribution in [1.82, 2.24) is 9.78 Å². The largest absolute Gasteiger partial charge is 0.478 e. The standard InChI is InChI=1S/C28H25N3O4/c1-15-9-21(17(3)29-23-8-6-5-7-20(23)28(33)34)27-22(10-15)24(32)13-25(35-27)18-11-16(2)26-19(12-18)14-31(4)30-26/h5-14,17,29H,1-4H3,(H,33,34)/t17-/m1/s1. The predicted octanol–water partition coefficient (Wildman–Crippen LogP) is 5.83. The van der Waals surface area contributed by atoms with E-state index in [1.165, 1.54) is 6.07 Å². The summed E-state index contributed by atoms with van der Waals surface area (Å²) in [6.07, 6.45) is 1.94. The van der Waals surface area contributed by atoms with Crippen LogP contribution in [0.5, 0.6) is 0 Å². The number of rotatable bonds is 5. The van der Waals surface area contributed by atoms with E-state index in [4.69, 9.17) is 4.42 Å². The zero-order valence-electron chi connectivity index (χ0n) is 19.9. The van der Waals surface area contributed by atoms with E-state index in [-0.39, 0.29) is 17.0 Å². The van der Waals surface area contributed by atoms with Crippen molar-refractivity contribution in [2.75, 3.05) is 5.32 Å². The number of para-hydroxylation sites is 1. The number of nitrogens with one attached hydrogen (secondary N) is 1. The maximum Gasteiger partial charge on any atom is 0.337 e. The topological polar surface area (TPSA) is 97.4 Å². The first-order valence-electron chi connectivity index (χ1n) is 11.3. The highest BCUT2D eigenvalue weighted by molar-refractivity contribution is 5.94. The predicted molar refractivity (Wildman–Crippen MR) is 137 cm³/mol. The van der Waals surface area contributed by atoms with Gasteiger partial charge in [-0.25, -0.2) is 4.79 Å². The van der Waals surface area contributed by atoms with Crippen molar-refractivity contribution in [3.05, 3.63) is 93.3 Å². The average Bonchev–Trinajstić information content (AvgIpc) is 3.20. The lowest BCUT2D eigenvalue weighted by Gasteiger charge is -2.19. The van der Waals surface area contributed by atoms with Crippen molar-refractivity contribution in [3.63, 3.8) is 0 Å². The third kappa shape index (κ3) is 4.05. The van der Waals surface area contributed by atoms with Crippen molar-refractivity contribution in [2.45, 2.75) is 26.8 Å². The minimum Gasteiger partial charge on any atom is -0.478 e. The second-order valence-electron chi connectivity index (χ2n) is 8.96. The number of hydrogen-bond acceptors (Lipinski definition) is 5. The highest BCUT2D eigenvalue weighted by atomic mass is 16.4. The summed E-state index contributed by atoms with van der Waals surface area (Å²) in [4.78, 5) is 24.8. The molecule has 0 radical (unpaired) electrons. The van der Waals surface area contributed by atoms with Crippen molar-refractivity contribution < 1.29 is 14.3 Å². The Morgan fingerprint density at radius 2 is 1.89 bits per heavy atom. The van der Waals surface area contributed by atoms with E-state index in [1.54, 1.807) is 28.9 Å². The summed E-state index contributed by atoms with van der Waals surface area (Å²) in [5.41, 5.74) is 5.42. The number of aromatic carboxylic acids is 1. The number of nitrogens with zero attached hydrogens (tertiary/aromatic N) is 2. The summed E-state index contributed by atoms with van der Waals surface area (Å²) in [7, 11) is 1.88. The zero-order chi connectivity index (χ0) is 24.9. The molecule has 2 aromatic heterocycles. The van der Waals surface area contributed by atoms with E-state index < -0.39 is 5.97 Å². The van der Waals surface area contributed by atoms with E-state index >= 15 is 0 Å². The second kappa shape index (κ2) is 8.43. The van der Waals surface area contributed by atoms with Crippen LogP contribution in [-0.4, -0.2) is 20.9 Å². The van der Waals surface area contributed by atoms with Crippen LogP contribution in [-0.2, 0) is 7.05 Å². The highest BCUT2D eigenvalue weighted by Gasteiger charge is 2.19. The van der Waals surface area contributed by atoms with Crippen LogP contribution in [0, 0.1) is 13.8 Å². The summed E-state index contributed by atoms with van der Waals surface area (Å²) < 4.78 is 8.14. The van der Waals surface area contributed by atoms with Crippen LogP contribution >= 0.6 is 0 Å². The molecule has 5 rings (SSSR count). The van der Waals surface area contributed by atoms with E-state index in [0.717, 1.165) is 33.2 Å². The first kappa shape index (κ1) is 22.4. The van der Waals surface area contributed by atoms with Gasteiger partial charge in [-0.05, 0) is 62.2 Å². The van der Waals surface area contributed by atoms with Crippen LogP contribution in [0.3, 0.4) is 0 Å². The van der Waals surface area contributed by atoms with Crippen LogP contribution in [0.15, 0.2) is 70.0 Å². The van der Waals surface area contributed by atoms with Gasteiger partial charge in [-0.15, -0.1) is 0 Å². The molecular formula is C28H25N3O4. The molecule has 0 saturated carbocycles. The smallest absolute Gasteiger partial charge is 0.337 e. The maximum atomic E-state index is 13.2. The van der Waals surface area contributed by atoms with Gasteiger partial charge in [0.05, 0.1) is 22.5 Å². The van der Waals surface area contributed by atoms with Crippen molar-refractivity contribution in [2.24, 2.45) is 7.05 Å². The lowest BCUT2D eigenvalue weighted by Crippen LogP contribution is -2.12. The maximum absolute atomic E-state index is 13.2. The summed E-state index contributed by atoms with van der Waals surface area (Å²) in [5.74, 6) is -0.538. The molecule has 0 amide bonds. The third-order valence-electron chi connectivity index (χ3n) is 6.20. The Bertz CT molecular complexity index is 1680. The van der Waals surface area contributed by atoms with E-state index in [0.29, 0.717) is 22.4 Å². The fourth-order valence-electron chi connectivity index (χ4n) is 4.58. The average molecular weight is 468 g/mol. The Hall–Kier alpha value is -4.39. The molecule has 0 unspecified atom stereocenters. The number of benzene rings is 3. The monoisotopic (exact) mass is 467 g/mol. The highest BCUT2D eigenvalue weighted by Crippen LogP contribution is 2.32. The molecule has 2 N–H and O–H groups in total. The second-order valence-corrected chi connectivity index (χ2v) is 8.96. The minimum atomic E-state index is -1.01. The Labute approximate surface area is 201 Å². The first-order valence-corrected chi connectivity index (χ1v) is 11.3. The van der Waals surface area contributed by atoms with Gasteiger partial charge < -0.3 is 14.8 Å². The molecule has 0 fully saturated rings. The van der Waals surface area contributed by atoms with Gasteiger partial charge in [0, 0.05) is 41.5 Å². The molecule has 0 aliphatic rings. The normalized spacial score (nSPS) is 12.2. The number of fused-ring (bicyclic) bond motifs is 2. The number of aryl methyl sites for hydroxylation is 3. The molecule has 0 saturated heterocycles. The molecule has 7 heteroatoms. The van der Waals surface area contributed by atoms with Crippen molar-refractivity contribution >= 4 is 33.5 Å². The number of hydrogen-bond donors (Lipinski definition) is 2. The third-order valence-corrected chi connectivity index (χ3v) is 6.20. The SMILES string of the molecule is Cc1cc([C@@H](C)Nc2ccccc2C(=O)O)c2oc(-c3cc(C)c4nn(C)cc4c3)cc(=O)c2c1. The van der Waals surface area contributed by atoms with E-state index in [9.17, 15) is 14.7 Å². The van der Waals surface area contributed by atoms with Gasteiger partial charge >= 0.3 is 5.97 Å². The zero-order valence-corrected chi connectivity index (χ0v) is 19.9. The quantitative estimate of drug-likeness (QED) is 0.337. The molecule has 0 bridgehead atoms. The van der Waals surface area contributed by atoms with Crippen LogP contribution in [0.2, 0.25) is 0 Å². The van der Waals surface area contributed by atoms with Crippen LogP contribution < -0.4 is 10.7 Å². The van der Waals surface area contributed by atoms with Gasteiger partial charge in [-0.1, -0.05) is 18.2 Å². The van der Waals surface area contributed by atoms with Gasteiger partial charge in [0.1, 0.15) is 11.3 Å². The van der Waals surface area contributed by atoms with Crippen molar-refractivity contribution in [3.8, 4) is 11.3 Å². The molecule has 0 aliphatic carbocycles.